The normalized spacial score (nSPS) is 11.5. The van der Waals surface area contributed by atoms with Crippen molar-refractivity contribution in [2.75, 3.05) is 17.3 Å². The van der Waals surface area contributed by atoms with Gasteiger partial charge in [-0.1, -0.05) is 17.7 Å². The van der Waals surface area contributed by atoms with Crippen LogP contribution in [0.1, 0.15) is 5.56 Å². The molecule has 0 saturated carbocycles. The third-order valence-electron chi connectivity index (χ3n) is 4.25. The van der Waals surface area contributed by atoms with E-state index in [0.717, 1.165) is 16.4 Å². The zero-order valence-electron chi connectivity index (χ0n) is 16.0. The van der Waals surface area contributed by atoms with Gasteiger partial charge in [0, 0.05) is 10.7 Å². The van der Waals surface area contributed by atoms with E-state index in [1.807, 2.05) is 0 Å². The number of sulfone groups is 1. The van der Waals surface area contributed by atoms with Gasteiger partial charge in [-0.2, -0.15) is 5.10 Å². The third kappa shape index (κ3) is 4.45. The molecule has 0 fully saturated rings. The first kappa shape index (κ1) is 22.1. The molecule has 0 aliphatic rings. The molecular weight excluding hydrogens is 451 g/mol. The van der Waals surface area contributed by atoms with E-state index >= 15 is 0 Å². The molecule has 0 aliphatic carbocycles. The highest BCUT2D eigenvalue weighted by atomic mass is 35.5. The standard InChI is InChI=1S/C19H18ClFN4O3S2/c1-11-3-6-13(9-15(11)21)23-16(26)10-25-18(22)17(19(24-25)29-2)30(27,28)14-7-4-12(20)5-8-14/h3-9H,10,22H2,1-2H3,(H,23,26). The average molecular weight is 469 g/mol. The van der Waals surface area contributed by atoms with Gasteiger partial charge in [0.15, 0.2) is 0 Å². The molecule has 0 aliphatic heterocycles. The molecule has 158 valence electrons. The second-order valence-corrected chi connectivity index (χ2v) is 9.47. The second kappa shape index (κ2) is 8.66. The monoisotopic (exact) mass is 468 g/mol. The van der Waals surface area contributed by atoms with Gasteiger partial charge in [0.1, 0.15) is 28.1 Å². The summed E-state index contributed by atoms with van der Waals surface area (Å²) in [5.41, 5.74) is 6.78. The Hall–Kier alpha value is -2.56. The average Bonchev–Trinajstić information content (AvgIpc) is 3.01. The summed E-state index contributed by atoms with van der Waals surface area (Å²) in [6.07, 6.45) is 1.65. The maximum Gasteiger partial charge on any atom is 0.246 e. The maximum absolute atomic E-state index is 13.7. The summed E-state index contributed by atoms with van der Waals surface area (Å²) in [6.45, 7) is 1.27. The number of benzene rings is 2. The van der Waals surface area contributed by atoms with Gasteiger partial charge in [0.05, 0.1) is 4.90 Å². The van der Waals surface area contributed by atoms with Crippen LogP contribution in [0.25, 0.3) is 0 Å². The molecule has 30 heavy (non-hydrogen) atoms. The Morgan fingerprint density at radius 3 is 2.53 bits per heavy atom. The fourth-order valence-corrected chi connectivity index (χ4v) is 5.24. The summed E-state index contributed by atoms with van der Waals surface area (Å²) in [5.74, 6) is -1.15. The van der Waals surface area contributed by atoms with Gasteiger partial charge in [0.2, 0.25) is 15.7 Å². The van der Waals surface area contributed by atoms with Crippen molar-refractivity contribution in [1.29, 1.82) is 0 Å². The van der Waals surface area contributed by atoms with Crippen molar-refractivity contribution in [3.63, 3.8) is 0 Å². The van der Waals surface area contributed by atoms with E-state index in [9.17, 15) is 17.6 Å². The number of nitrogens with zero attached hydrogens (tertiary/aromatic N) is 2. The number of nitrogen functional groups attached to an aromatic ring is 1. The molecule has 0 bridgehead atoms. The highest BCUT2D eigenvalue weighted by Crippen LogP contribution is 2.34. The molecule has 0 saturated heterocycles. The number of amides is 1. The van der Waals surface area contributed by atoms with Crippen molar-refractivity contribution in [2.45, 2.75) is 28.3 Å². The molecule has 0 radical (unpaired) electrons. The first-order valence-corrected chi connectivity index (χ1v) is 11.7. The molecule has 3 rings (SSSR count). The third-order valence-corrected chi connectivity index (χ3v) is 7.14. The van der Waals surface area contributed by atoms with E-state index in [0.29, 0.717) is 10.6 Å². The first-order chi connectivity index (χ1) is 14.1. The van der Waals surface area contributed by atoms with Gasteiger partial charge < -0.3 is 11.1 Å². The minimum absolute atomic E-state index is 0.00744. The fourth-order valence-electron chi connectivity index (χ4n) is 2.68. The van der Waals surface area contributed by atoms with E-state index in [1.165, 1.54) is 36.4 Å². The summed E-state index contributed by atoms with van der Waals surface area (Å²) in [4.78, 5) is 12.2. The fraction of sp³-hybridized carbons (Fsp3) is 0.158. The summed E-state index contributed by atoms with van der Waals surface area (Å²) < 4.78 is 40.9. The van der Waals surface area contributed by atoms with Gasteiger partial charge in [0.25, 0.3) is 0 Å². The molecule has 0 spiro atoms. The predicted molar refractivity (Wildman–Crippen MR) is 115 cm³/mol. The minimum atomic E-state index is -3.98. The highest BCUT2D eigenvalue weighted by Gasteiger charge is 2.29. The smallest absolute Gasteiger partial charge is 0.246 e. The number of hydrogen-bond acceptors (Lipinski definition) is 6. The van der Waals surface area contributed by atoms with Crippen LogP contribution in [0, 0.1) is 12.7 Å². The Morgan fingerprint density at radius 1 is 1.27 bits per heavy atom. The number of carbonyl (C=O) groups is 1. The van der Waals surface area contributed by atoms with Crippen LogP contribution >= 0.6 is 23.4 Å². The van der Waals surface area contributed by atoms with Crippen LogP contribution in [0.4, 0.5) is 15.9 Å². The molecule has 0 unspecified atom stereocenters. The summed E-state index contributed by atoms with van der Waals surface area (Å²) >= 11 is 6.93. The lowest BCUT2D eigenvalue weighted by Crippen LogP contribution is -2.21. The van der Waals surface area contributed by atoms with Crippen molar-refractivity contribution in [2.24, 2.45) is 0 Å². The van der Waals surface area contributed by atoms with Crippen molar-refractivity contribution in [3.05, 3.63) is 58.9 Å². The molecule has 0 atom stereocenters. The Bertz CT molecular complexity index is 1210. The van der Waals surface area contributed by atoms with E-state index in [1.54, 1.807) is 19.2 Å². The van der Waals surface area contributed by atoms with Gasteiger partial charge in [-0.3, -0.25) is 4.79 Å². The highest BCUT2D eigenvalue weighted by molar-refractivity contribution is 7.99. The van der Waals surface area contributed by atoms with E-state index in [-0.39, 0.29) is 32.9 Å². The van der Waals surface area contributed by atoms with Gasteiger partial charge in [-0.25, -0.2) is 17.5 Å². The number of aryl methyl sites for hydroxylation is 1. The Kier molecular flexibility index (Phi) is 6.39. The predicted octanol–water partition coefficient (Wildman–Crippen LogP) is 3.76. The van der Waals surface area contributed by atoms with E-state index in [2.05, 4.69) is 10.4 Å². The molecule has 1 aromatic heterocycles. The van der Waals surface area contributed by atoms with E-state index < -0.39 is 21.6 Å². The minimum Gasteiger partial charge on any atom is -0.383 e. The van der Waals surface area contributed by atoms with Crippen LogP contribution in [-0.4, -0.2) is 30.4 Å². The number of nitrogens with two attached hydrogens (primary N) is 1. The molecule has 7 nitrogen and oxygen atoms in total. The number of thioether (sulfide) groups is 1. The number of aromatic nitrogens is 2. The zero-order chi connectivity index (χ0) is 22.1. The Labute approximate surface area is 182 Å². The number of anilines is 2. The van der Waals surface area contributed by atoms with Crippen molar-refractivity contribution in [1.82, 2.24) is 9.78 Å². The van der Waals surface area contributed by atoms with Crippen LogP contribution < -0.4 is 11.1 Å². The molecular formula is C19H18ClFN4O3S2. The Balaban J connectivity index is 1.90. The van der Waals surface area contributed by atoms with Crippen LogP contribution in [0.2, 0.25) is 5.02 Å². The molecule has 1 heterocycles. The zero-order valence-corrected chi connectivity index (χ0v) is 18.4. The van der Waals surface area contributed by atoms with Crippen LogP contribution in [0.5, 0.6) is 0 Å². The quantitative estimate of drug-likeness (QED) is 0.533. The molecule has 2 aromatic carbocycles. The number of carbonyl (C=O) groups excluding carboxylic acids is 1. The van der Waals surface area contributed by atoms with Crippen molar-refractivity contribution < 1.29 is 17.6 Å². The molecule has 3 aromatic rings. The largest absolute Gasteiger partial charge is 0.383 e. The SMILES string of the molecule is CSc1nn(CC(=O)Nc2ccc(C)c(F)c2)c(N)c1S(=O)(=O)c1ccc(Cl)cc1. The lowest BCUT2D eigenvalue weighted by molar-refractivity contribution is -0.116. The number of halogens is 2. The number of rotatable bonds is 6. The van der Waals surface area contributed by atoms with E-state index in [4.69, 9.17) is 17.3 Å². The summed E-state index contributed by atoms with van der Waals surface area (Å²) in [7, 11) is -3.98. The van der Waals surface area contributed by atoms with Crippen molar-refractivity contribution >= 4 is 50.6 Å². The summed E-state index contributed by atoms with van der Waals surface area (Å²) in [6, 6.07) is 9.96. The topological polar surface area (TPSA) is 107 Å². The second-order valence-electron chi connectivity index (χ2n) is 6.35. The van der Waals surface area contributed by atoms with Crippen LogP contribution in [-0.2, 0) is 21.2 Å². The van der Waals surface area contributed by atoms with Crippen LogP contribution in [0.3, 0.4) is 0 Å². The van der Waals surface area contributed by atoms with Gasteiger partial charge in [-0.15, -0.1) is 11.8 Å². The van der Waals surface area contributed by atoms with Crippen molar-refractivity contribution in [3.8, 4) is 0 Å². The molecule has 11 heteroatoms. The molecule has 3 N–H and O–H groups in total. The Morgan fingerprint density at radius 2 is 1.93 bits per heavy atom. The van der Waals surface area contributed by atoms with Gasteiger partial charge >= 0.3 is 0 Å². The summed E-state index contributed by atoms with van der Waals surface area (Å²) in [5, 5.41) is 7.27. The molecule has 1 amide bonds. The maximum atomic E-state index is 13.7. The first-order valence-electron chi connectivity index (χ1n) is 8.60. The number of hydrogen-bond donors (Lipinski definition) is 2. The lowest BCUT2D eigenvalue weighted by atomic mass is 10.2. The van der Waals surface area contributed by atoms with Crippen LogP contribution in [0.15, 0.2) is 57.3 Å². The van der Waals surface area contributed by atoms with Gasteiger partial charge in [-0.05, 0) is 55.1 Å². The lowest BCUT2D eigenvalue weighted by Gasteiger charge is -2.08. The number of nitrogens with one attached hydrogen (secondary N) is 1.